The minimum absolute atomic E-state index is 0.0725. The molecule has 4 rings (SSSR count). The minimum atomic E-state index is -4.45. The molecule has 0 amide bonds. The first kappa shape index (κ1) is 20.6. The summed E-state index contributed by atoms with van der Waals surface area (Å²) in [5.41, 5.74) is -1.52. The number of pyridine rings is 1. The first-order chi connectivity index (χ1) is 13.7. The summed E-state index contributed by atoms with van der Waals surface area (Å²) in [5.74, 6) is 0.473. The highest BCUT2D eigenvalue weighted by molar-refractivity contribution is 8.00. The first-order valence-corrected chi connectivity index (χ1v) is 11.2. The lowest BCUT2D eigenvalue weighted by Gasteiger charge is -2.15. The van der Waals surface area contributed by atoms with E-state index < -0.39 is 16.6 Å². The van der Waals surface area contributed by atoms with E-state index in [4.69, 9.17) is 11.6 Å². The number of fused-ring (bicyclic) bond motifs is 1. The van der Waals surface area contributed by atoms with Crippen molar-refractivity contribution in [3.63, 3.8) is 0 Å². The lowest BCUT2D eigenvalue weighted by molar-refractivity contribution is -0.0329. The predicted molar refractivity (Wildman–Crippen MR) is 107 cm³/mol. The molecule has 3 aromatic rings. The molecular weight excluding hydrogens is 447 g/mol. The molecule has 11 heteroatoms. The molecule has 1 atom stereocenters. The van der Waals surface area contributed by atoms with Gasteiger partial charge in [0, 0.05) is 18.0 Å². The second-order valence-electron chi connectivity index (χ2n) is 6.68. The fourth-order valence-electron chi connectivity index (χ4n) is 3.30. The summed E-state index contributed by atoms with van der Waals surface area (Å²) < 4.78 is 59.9. The molecule has 1 aliphatic rings. The average Bonchev–Trinajstić information content (AvgIpc) is 3.43. The number of thioether (sulfide) groups is 1. The Hall–Kier alpha value is -1.62. The van der Waals surface area contributed by atoms with Crippen LogP contribution in [-0.2, 0) is 17.5 Å². The molecule has 1 aromatic carbocycles. The van der Waals surface area contributed by atoms with Crippen LogP contribution in [0.4, 0.5) is 13.2 Å². The highest BCUT2D eigenvalue weighted by Crippen LogP contribution is 2.43. The molecule has 0 radical (unpaired) electrons. The zero-order valence-corrected chi connectivity index (χ0v) is 17.2. The molecule has 1 unspecified atom stereocenters. The number of alkyl halides is 3. The number of aromatic nitrogens is 3. The van der Waals surface area contributed by atoms with Crippen LogP contribution < -0.4 is 0 Å². The summed E-state index contributed by atoms with van der Waals surface area (Å²) in [5, 5.41) is 4.86. The van der Waals surface area contributed by atoms with Crippen LogP contribution in [0.25, 0.3) is 16.6 Å². The van der Waals surface area contributed by atoms with Gasteiger partial charge in [0.2, 0.25) is 0 Å². The second-order valence-corrected chi connectivity index (χ2v) is 9.18. The Morgan fingerprint density at radius 3 is 2.76 bits per heavy atom. The maximum atomic E-state index is 12.6. The van der Waals surface area contributed by atoms with Gasteiger partial charge in [0.1, 0.15) is 10.2 Å². The van der Waals surface area contributed by atoms with E-state index >= 15 is 0 Å². The molecule has 0 saturated heterocycles. The van der Waals surface area contributed by atoms with Gasteiger partial charge in [-0.25, -0.2) is 13.9 Å². The van der Waals surface area contributed by atoms with Gasteiger partial charge in [0.15, 0.2) is 11.1 Å². The fraction of sp³-hybridized carbons (Fsp3) is 0.333. The highest BCUT2D eigenvalue weighted by atomic mass is 35.5. The van der Waals surface area contributed by atoms with E-state index in [1.165, 1.54) is 16.9 Å². The van der Waals surface area contributed by atoms with E-state index in [-0.39, 0.29) is 27.7 Å². The number of halogens is 4. The maximum absolute atomic E-state index is 12.6. The molecule has 2 aromatic heterocycles. The van der Waals surface area contributed by atoms with Crippen molar-refractivity contribution in [1.29, 1.82) is 0 Å². The Morgan fingerprint density at radius 1 is 1.34 bits per heavy atom. The molecule has 0 aliphatic heterocycles. The molecule has 2 heterocycles. The largest absolute Gasteiger partial charge is 0.447 e. The topological polar surface area (TPSA) is 68.0 Å². The molecule has 0 spiro atoms. The van der Waals surface area contributed by atoms with Crippen molar-refractivity contribution in [2.45, 2.75) is 35.7 Å². The van der Waals surface area contributed by atoms with Gasteiger partial charge >= 0.3 is 5.51 Å². The maximum Gasteiger partial charge on any atom is 0.447 e. The zero-order chi connectivity index (χ0) is 20.8. The van der Waals surface area contributed by atoms with Gasteiger partial charge in [-0.05, 0) is 48.4 Å². The Bertz CT molecular complexity index is 1100. The monoisotopic (exact) mass is 461 g/mol. The van der Waals surface area contributed by atoms with Crippen molar-refractivity contribution in [3.05, 3.63) is 46.7 Å². The Morgan fingerprint density at radius 2 is 2.10 bits per heavy atom. The van der Waals surface area contributed by atoms with Crippen molar-refractivity contribution < 1.29 is 21.9 Å². The number of hydrogen-bond donors (Lipinski definition) is 1. The molecular formula is C18H15ClF3N3O2S2. The zero-order valence-electron chi connectivity index (χ0n) is 14.8. The van der Waals surface area contributed by atoms with E-state index in [1.54, 1.807) is 6.07 Å². The minimum Gasteiger partial charge on any atom is -0.306 e. The van der Waals surface area contributed by atoms with Crippen LogP contribution in [0.5, 0.6) is 0 Å². The first-order valence-electron chi connectivity index (χ1n) is 8.72. The average molecular weight is 462 g/mol. The van der Waals surface area contributed by atoms with Crippen molar-refractivity contribution in [2.75, 3.05) is 5.75 Å². The van der Waals surface area contributed by atoms with Crippen LogP contribution in [0.2, 0.25) is 5.15 Å². The summed E-state index contributed by atoms with van der Waals surface area (Å²) in [6.45, 7) is 0. The van der Waals surface area contributed by atoms with Gasteiger partial charge < -0.3 is 4.55 Å². The number of benzene rings is 1. The molecule has 29 heavy (non-hydrogen) atoms. The Kier molecular flexibility index (Phi) is 5.62. The molecule has 1 saturated carbocycles. The third-order valence-corrected chi connectivity index (χ3v) is 6.23. The molecule has 1 fully saturated rings. The van der Waals surface area contributed by atoms with Gasteiger partial charge in [-0.3, -0.25) is 0 Å². The van der Waals surface area contributed by atoms with Crippen LogP contribution in [0.3, 0.4) is 0 Å². The molecule has 1 N–H and O–H groups in total. The van der Waals surface area contributed by atoms with Crippen LogP contribution in [0.1, 0.15) is 29.9 Å². The third-order valence-electron chi connectivity index (χ3n) is 4.65. The summed E-state index contributed by atoms with van der Waals surface area (Å²) in [4.78, 5) is 3.83. The highest BCUT2D eigenvalue weighted by Gasteiger charge is 2.31. The van der Waals surface area contributed by atoms with E-state index in [9.17, 15) is 21.9 Å². The lowest BCUT2D eigenvalue weighted by Crippen LogP contribution is -2.08. The quantitative estimate of drug-likeness (QED) is 0.397. The van der Waals surface area contributed by atoms with Crippen LogP contribution in [0.15, 0.2) is 35.5 Å². The molecule has 0 bridgehead atoms. The number of rotatable bonds is 6. The Labute approximate surface area is 175 Å². The summed E-state index contributed by atoms with van der Waals surface area (Å²) >= 11 is 4.23. The summed E-state index contributed by atoms with van der Waals surface area (Å²) in [6.07, 6.45) is 3.75. The number of hydrogen-bond acceptors (Lipinski definition) is 4. The van der Waals surface area contributed by atoms with Gasteiger partial charge in [0.25, 0.3) is 0 Å². The van der Waals surface area contributed by atoms with Gasteiger partial charge in [-0.2, -0.15) is 18.3 Å². The van der Waals surface area contributed by atoms with Gasteiger partial charge in [0.05, 0.1) is 22.3 Å². The van der Waals surface area contributed by atoms with Crippen molar-refractivity contribution >= 4 is 45.3 Å². The van der Waals surface area contributed by atoms with E-state index in [1.807, 2.05) is 12.1 Å². The van der Waals surface area contributed by atoms with Crippen LogP contribution in [0, 0.1) is 0 Å². The SMILES string of the molecule is O=S(O)CCc1c(C2CC2)cccc1-n1nc2cc(SC(F)(F)F)ncc2c1Cl. The van der Waals surface area contributed by atoms with E-state index in [0.717, 1.165) is 24.0 Å². The summed E-state index contributed by atoms with van der Waals surface area (Å²) in [7, 11) is 0. The van der Waals surface area contributed by atoms with Crippen molar-refractivity contribution in [2.24, 2.45) is 0 Å². The smallest absolute Gasteiger partial charge is 0.306 e. The molecule has 5 nitrogen and oxygen atoms in total. The summed E-state index contributed by atoms with van der Waals surface area (Å²) in [6, 6.07) is 6.92. The second kappa shape index (κ2) is 7.90. The Balaban J connectivity index is 1.80. The van der Waals surface area contributed by atoms with Crippen molar-refractivity contribution in [1.82, 2.24) is 14.8 Å². The van der Waals surface area contributed by atoms with Crippen LogP contribution in [-0.4, -0.2) is 34.8 Å². The van der Waals surface area contributed by atoms with Crippen molar-refractivity contribution in [3.8, 4) is 5.69 Å². The third kappa shape index (κ3) is 4.60. The molecule has 1 aliphatic carbocycles. The van der Waals surface area contributed by atoms with E-state index in [0.29, 0.717) is 28.9 Å². The van der Waals surface area contributed by atoms with Crippen LogP contribution >= 0.6 is 23.4 Å². The van der Waals surface area contributed by atoms with Gasteiger partial charge in [-0.1, -0.05) is 23.7 Å². The standard InChI is InChI=1S/C18H15ClF3N3O2S2/c19-17-13-9-23-16(28-18(20,21)22)8-14(13)24-25(17)15-3-1-2-11(10-4-5-10)12(15)6-7-29(26)27/h1-3,8-10H,4-7H2,(H,26,27). The predicted octanol–water partition coefficient (Wildman–Crippen LogP) is 5.33. The molecule has 154 valence electrons. The fourth-order valence-corrected chi connectivity index (χ4v) is 4.46. The normalized spacial score (nSPS) is 15.8. The number of nitrogens with zero attached hydrogens (tertiary/aromatic N) is 3. The van der Waals surface area contributed by atoms with Gasteiger partial charge in [-0.15, -0.1) is 0 Å². The van der Waals surface area contributed by atoms with E-state index in [2.05, 4.69) is 10.1 Å². The lowest BCUT2D eigenvalue weighted by atomic mass is 9.99.